The van der Waals surface area contributed by atoms with Gasteiger partial charge in [0.15, 0.2) is 0 Å². The molecule has 0 saturated heterocycles. The van der Waals surface area contributed by atoms with Crippen molar-refractivity contribution in [1.29, 1.82) is 0 Å². The van der Waals surface area contributed by atoms with E-state index in [0.29, 0.717) is 0 Å². The molecular formula is C26H23NS. The second-order valence-corrected chi connectivity index (χ2v) is 9.71. The van der Waals surface area contributed by atoms with Gasteiger partial charge in [0.05, 0.1) is 5.69 Å². The molecule has 2 aromatic heterocycles. The first-order valence-electron chi connectivity index (χ1n) is 9.73. The van der Waals surface area contributed by atoms with Gasteiger partial charge in [0.25, 0.3) is 0 Å². The largest absolute Gasteiger partial charge is 0.256 e. The van der Waals surface area contributed by atoms with Crippen molar-refractivity contribution in [3.8, 4) is 11.3 Å². The molecule has 0 aliphatic carbocycles. The lowest BCUT2D eigenvalue weighted by molar-refractivity contribution is 0.596. The second kappa shape index (κ2) is 6.15. The topological polar surface area (TPSA) is 12.9 Å². The van der Waals surface area contributed by atoms with Crippen molar-refractivity contribution in [1.82, 2.24) is 4.98 Å². The van der Waals surface area contributed by atoms with Crippen molar-refractivity contribution in [2.75, 3.05) is 0 Å². The van der Waals surface area contributed by atoms with Crippen molar-refractivity contribution in [2.24, 2.45) is 0 Å². The first kappa shape index (κ1) is 17.4. The summed E-state index contributed by atoms with van der Waals surface area (Å²) in [6.07, 6.45) is 1.95. The normalized spacial score (nSPS) is 12.3. The van der Waals surface area contributed by atoms with Gasteiger partial charge in [0.1, 0.15) is 0 Å². The summed E-state index contributed by atoms with van der Waals surface area (Å²) in [5.41, 5.74) is 5.03. The number of aryl methyl sites for hydroxylation is 1. The molecule has 28 heavy (non-hydrogen) atoms. The fourth-order valence-electron chi connectivity index (χ4n) is 4.12. The zero-order valence-corrected chi connectivity index (χ0v) is 17.5. The summed E-state index contributed by atoms with van der Waals surface area (Å²) in [6, 6.07) is 22.2. The van der Waals surface area contributed by atoms with Gasteiger partial charge in [-0.25, -0.2) is 0 Å². The van der Waals surface area contributed by atoms with E-state index in [2.05, 4.69) is 88.4 Å². The predicted octanol–water partition coefficient (Wildman–Crippen LogP) is 7.88. The molecule has 0 amide bonds. The zero-order valence-electron chi connectivity index (χ0n) is 16.7. The van der Waals surface area contributed by atoms with Crippen LogP contribution in [-0.4, -0.2) is 4.98 Å². The Morgan fingerprint density at radius 3 is 2.46 bits per heavy atom. The van der Waals surface area contributed by atoms with Crippen LogP contribution in [-0.2, 0) is 5.41 Å². The van der Waals surface area contributed by atoms with Gasteiger partial charge in [-0.15, -0.1) is 11.3 Å². The van der Waals surface area contributed by atoms with Gasteiger partial charge >= 0.3 is 0 Å². The molecule has 0 aliphatic rings. The highest BCUT2D eigenvalue weighted by molar-refractivity contribution is 7.25. The van der Waals surface area contributed by atoms with E-state index in [-0.39, 0.29) is 5.41 Å². The van der Waals surface area contributed by atoms with E-state index < -0.39 is 0 Å². The maximum absolute atomic E-state index is 4.86. The molecule has 0 bridgehead atoms. The van der Waals surface area contributed by atoms with Crippen molar-refractivity contribution in [3.63, 3.8) is 0 Å². The maximum atomic E-state index is 4.86. The summed E-state index contributed by atoms with van der Waals surface area (Å²) in [5, 5.41) is 5.19. The van der Waals surface area contributed by atoms with Crippen LogP contribution in [0, 0.1) is 6.92 Å². The third-order valence-corrected chi connectivity index (χ3v) is 6.60. The number of fused-ring (bicyclic) bond motifs is 4. The summed E-state index contributed by atoms with van der Waals surface area (Å²) in [5.74, 6) is 0. The van der Waals surface area contributed by atoms with E-state index in [9.17, 15) is 0 Å². The molecule has 2 heteroatoms. The molecule has 138 valence electrons. The highest BCUT2D eigenvalue weighted by atomic mass is 32.1. The number of benzene rings is 3. The van der Waals surface area contributed by atoms with Gasteiger partial charge in [0, 0.05) is 31.9 Å². The molecule has 5 rings (SSSR count). The Hall–Kier alpha value is -2.71. The molecule has 0 aliphatic heterocycles. The second-order valence-electron chi connectivity index (χ2n) is 8.63. The van der Waals surface area contributed by atoms with E-state index in [1.165, 1.54) is 47.6 Å². The van der Waals surface area contributed by atoms with Gasteiger partial charge in [-0.1, -0.05) is 57.2 Å². The first-order chi connectivity index (χ1) is 13.4. The Morgan fingerprint density at radius 1 is 0.821 bits per heavy atom. The van der Waals surface area contributed by atoms with E-state index in [0.717, 1.165) is 5.69 Å². The van der Waals surface area contributed by atoms with Crippen LogP contribution in [0.3, 0.4) is 0 Å². The van der Waals surface area contributed by atoms with E-state index in [4.69, 9.17) is 4.98 Å². The van der Waals surface area contributed by atoms with Gasteiger partial charge in [0.2, 0.25) is 0 Å². The summed E-state index contributed by atoms with van der Waals surface area (Å²) in [6.45, 7) is 9.02. The monoisotopic (exact) mass is 381 g/mol. The van der Waals surface area contributed by atoms with Crippen LogP contribution >= 0.6 is 11.3 Å². The quantitative estimate of drug-likeness (QED) is 0.288. The number of hydrogen-bond acceptors (Lipinski definition) is 2. The average molecular weight is 382 g/mol. The summed E-state index contributed by atoms with van der Waals surface area (Å²) in [7, 11) is 0. The third-order valence-electron chi connectivity index (χ3n) is 5.48. The molecule has 0 fully saturated rings. The molecule has 0 spiro atoms. The Balaban J connectivity index is 1.88. The third kappa shape index (κ3) is 2.71. The lowest BCUT2D eigenvalue weighted by atomic mass is 9.82. The van der Waals surface area contributed by atoms with Gasteiger partial charge in [-0.05, 0) is 58.5 Å². The molecule has 2 heterocycles. The molecule has 3 aromatic carbocycles. The van der Waals surface area contributed by atoms with Crippen LogP contribution in [0.1, 0.15) is 31.9 Å². The average Bonchev–Trinajstić information content (AvgIpc) is 3.03. The molecule has 0 radical (unpaired) electrons. The molecule has 0 saturated carbocycles. The highest BCUT2D eigenvalue weighted by Crippen LogP contribution is 2.41. The summed E-state index contributed by atoms with van der Waals surface area (Å²) >= 11 is 1.86. The molecule has 0 atom stereocenters. The van der Waals surface area contributed by atoms with E-state index in [1.54, 1.807) is 0 Å². The van der Waals surface area contributed by atoms with Crippen LogP contribution in [0.5, 0.6) is 0 Å². The Morgan fingerprint density at radius 2 is 1.64 bits per heavy atom. The maximum Gasteiger partial charge on any atom is 0.0795 e. The van der Waals surface area contributed by atoms with Crippen LogP contribution in [0.25, 0.3) is 42.2 Å². The molecule has 1 nitrogen and oxygen atoms in total. The van der Waals surface area contributed by atoms with Crippen LogP contribution < -0.4 is 0 Å². The van der Waals surface area contributed by atoms with Gasteiger partial charge < -0.3 is 0 Å². The molecular weight excluding hydrogens is 358 g/mol. The number of pyridine rings is 1. The Labute approximate surface area is 169 Å². The van der Waals surface area contributed by atoms with Crippen LogP contribution in [0.2, 0.25) is 0 Å². The zero-order chi connectivity index (χ0) is 19.5. The smallest absolute Gasteiger partial charge is 0.0795 e. The fraction of sp³-hybridized carbons (Fsp3) is 0.192. The number of hydrogen-bond donors (Lipinski definition) is 0. The lowest BCUT2D eigenvalue weighted by Gasteiger charge is -2.23. The van der Waals surface area contributed by atoms with Crippen molar-refractivity contribution < 1.29 is 0 Å². The first-order valence-corrected chi connectivity index (χ1v) is 10.5. The minimum atomic E-state index is 0.0668. The molecule has 0 N–H and O–H groups in total. The standard InChI is InChI=1S/C26H23NS/c1-16-9-10-20-23(13-16)28-22-11-12-27-25(24(20)22)18-14-17-7-5-6-8-19(17)21(15-18)26(2,3)4/h5-15H,1-4H3. The fourth-order valence-corrected chi connectivity index (χ4v) is 5.31. The number of rotatable bonds is 1. The van der Waals surface area contributed by atoms with E-state index in [1.807, 2.05) is 17.5 Å². The number of nitrogens with zero attached hydrogens (tertiary/aromatic N) is 1. The van der Waals surface area contributed by atoms with E-state index >= 15 is 0 Å². The summed E-state index contributed by atoms with van der Waals surface area (Å²) < 4.78 is 2.64. The minimum absolute atomic E-state index is 0.0668. The Bertz CT molecular complexity index is 1350. The summed E-state index contributed by atoms with van der Waals surface area (Å²) in [4.78, 5) is 4.86. The predicted molar refractivity (Wildman–Crippen MR) is 124 cm³/mol. The molecule has 5 aromatic rings. The SMILES string of the molecule is Cc1ccc2c(c1)sc1ccnc(-c3cc(C(C)(C)C)c4ccccc4c3)c12. The minimum Gasteiger partial charge on any atom is -0.256 e. The number of aromatic nitrogens is 1. The van der Waals surface area contributed by atoms with Crippen LogP contribution in [0.15, 0.2) is 66.9 Å². The van der Waals surface area contributed by atoms with Crippen molar-refractivity contribution in [3.05, 3.63) is 78.0 Å². The lowest BCUT2D eigenvalue weighted by Crippen LogP contribution is -2.12. The highest BCUT2D eigenvalue weighted by Gasteiger charge is 2.20. The molecule has 0 unspecified atom stereocenters. The van der Waals surface area contributed by atoms with Crippen molar-refractivity contribution in [2.45, 2.75) is 33.1 Å². The van der Waals surface area contributed by atoms with Gasteiger partial charge in [-0.2, -0.15) is 0 Å². The van der Waals surface area contributed by atoms with Crippen molar-refractivity contribution >= 4 is 42.3 Å². The van der Waals surface area contributed by atoms with Gasteiger partial charge in [-0.3, -0.25) is 4.98 Å². The van der Waals surface area contributed by atoms with Crippen LogP contribution in [0.4, 0.5) is 0 Å². The Kier molecular flexibility index (Phi) is 3.82. The number of thiophene rings is 1.